The summed E-state index contributed by atoms with van der Waals surface area (Å²) in [6, 6.07) is 15.8. The molecule has 1 N–H and O–H groups in total. The molecule has 0 atom stereocenters. The zero-order valence-corrected chi connectivity index (χ0v) is 31.6. The Morgan fingerprint density at radius 1 is 0.566 bits per heavy atom. The van der Waals surface area contributed by atoms with Gasteiger partial charge in [-0.05, 0) is 79.2 Å². The number of carbonyl (C=O) groups is 7. The predicted molar refractivity (Wildman–Crippen MR) is 186 cm³/mol. The number of nitrogens with zero attached hydrogens (tertiary/aromatic N) is 3. The first-order valence-corrected chi connectivity index (χ1v) is 20.1. The van der Waals surface area contributed by atoms with Gasteiger partial charge in [0, 0.05) is 0 Å². The van der Waals surface area contributed by atoms with Gasteiger partial charge in [-0.15, -0.1) is 0 Å². The molecule has 6 rings (SSSR count). The Bertz CT molecular complexity index is 2240. The molecule has 3 aromatic carbocycles. The van der Waals surface area contributed by atoms with Gasteiger partial charge in [-0.25, -0.2) is 30.0 Å². The van der Waals surface area contributed by atoms with E-state index in [9.17, 15) is 58.8 Å². The summed E-state index contributed by atoms with van der Waals surface area (Å²) in [6.07, 6.45) is 0. The Kier molecular flexibility index (Phi) is 13.5. The monoisotopic (exact) mass is 830 g/mol. The van der Waals surface area contributed by atoms with Crippen LogP contribution in [0.15, 0.2) is 87.5 Å². The van der Waals surface area contributed by atoms with Crippen molar-refractivity contribution in [1.82, 2.24) is 18.2 Å². The Morgan fingerprint density at radius 2 is 0.887 bits per heavy atom. The van der Waals surface area contributed by atoms with Crippen LogP contribution in [-0.2, 0) is 49.2 Å². The molecule has 3 aliphatic rings. The van der Waals surface area contributed by atoms with E-state index in [2.05, 4.69) is 48.9 Å². The summed E-state index contributed by atoms with van der Waals surface area (Å²) in [5.74, 6) is -7.10. The molecule has 0 bridgehead atoms. The zero-order chi connectivity index (χ0) is 40.1. The van der Waals surface area contributed by atoms with Gasteiger partial charge < -0.3 is 4.90 Å². The largest absolute Gasteiger partial charge is 0.334 e. The lowest BCUT2D eigenvalue weighted by Crippen LogP contribution is -2.49. The lowest BCUT2D eigenvalue weighted by atomic mass is 10.2. The molecular weight excluding hydrogens is 803 g/mol. The van der Waals surface area contributed by atoms with Crippen LogP contribution in [0.25, 0.3) is 0 Å². The van der Waals surface area contributed by atoms with Crippen molar-refractivity contribution in [3.8, 4) is 0 Å². The maximum Gasteiger partial charge on any atom is 0.334 e. The summed E-state index contributed by atoms with van der Waals surface area (Å²) in [4.78, 5) is 81.1. The standard InChI is InChI=1S/C16H8N2O8S2.C7H5NO3S.C6H15N.C2Cl2O2/c19-13-9-5-1-3-7-11(9)27(23,24)17(13)15(21)16(22)18-14(20)10-6-2-4-8-12(10)28(18,25)26;9-7-5-3-1-2-4-6(5)12(10,11)8-7;1-4-7(5-2)6-3;3-1(5)2(4)6/h1-8H;1-4H,(H,8,9);4-6H2,1-3H3;. The Morgan fingerprint density at radius 3 is 1.17 bits per heavy atom. The molecule has 0 aromatic heterocycles. The molecular formula is C31H28Cl2N4O13S3. The van der Waals surface area contributed by atoms with Crippen molar-refractivity contribution in [2.45, 2.75) is 35.5 Å². The third kappa shape index (κ3) is 8.69. The van der Waals surface area contributed by atoms with Gasteiger partial charge in [0.25, 0.3) is 47.8 Å². The van der Waals surface area contributed by atoms with Crippen molar-refractivity contribution in [2.75, 3.05) is 19.6 Å². The fourth-order valence-corrected chi connectivity index (χ4v) is 8.90. The summed E-state index contributed by atoms with van der Waals surface area (Å²) in [6.45, 7) is 10.1. The molecule has 17 nitrogen and oxygen atoms in total. The van der Waals surface area contributed by atoms with Gasteiger partial charge in [0.2, 0.25) is 0 Å². The van der Waals surface area contributed by atoms with Gasteiger partial charge in [0.05, 0.1) is 16.7 Å². The van der Waals surface area contributed by atoms with E-state index in [1.807, 2.05) is 4.72 Å². The van der Waals surface area contributed by atoms with Gasteiger partial charge in [-0.3, -0.25) is 33.6 Å². The van der Waals surface area contributed by atoms with Crippen LogP contribution in [0.5, 0.6) is 0 Å². The molecule has 0 fully saturated rings. The highest BCUT2D eigenvalue weighted by atomic mass is 35.5. The number of nitrogens with one attached hydrogen (secondary N) is 1. The van der Waals surface area contributed by atoms with E-state index in [4.69, 9.17) is 0 Å². The SMILES string of the molecule is CCN(CC)CC.O=C(C(=O)N1C(=O)c2ccccc2S1(=O)=O)N1C(=O)c2ccccc2S1(=O)=O.O=C(Cl)C(=O)Cl.O=C1NS(=O)(=O)c2ccccc21. The first-order chi connectivity index (χ1) is 24.7. The number of hydrogen-bond donors (Lipinski definition) is 1. The van der Waals surface area contributed by atoms with Crippen LogP contribution in [0.4, 0.5) is 0 Å². The summed E-state index contributed by atoms with van der Waals surface area (Å²) in [7, 11) is -13.0. The number of rotatable bonds is 4. The van der Waals surface area contributed by atoms with Gasteiger partial charge in [0.1, 0.15) is 14.7 Å². The smallest absolute Gasteiger partial charge is 0.304 e. The van der Waals surface area contributed by atoms with Crippen LogP contribution in [0.1, 0.15) is 51.8 Å². The third-order valence-electron chi connectivity index (χ3n) is 7.34. The van der Waals surface area contributed by atoms with E-state index in [0.29, 0.717) is 0 Å². The van der Waals surface area contributed by atoms with Crippen LogP contribution >= 0.6 is 23.2 Å². The van der Waals surface area contributed by atoms with E-state index in [-0.39, 0.29) is 30.2 Å². The molecule has 3 aromatic rings. The number of fused-ring (bicyclic) bond motifs is 3. The average molecular weight is 832 g/mol. The fourth-order valence-electron chi connectivity index (χ4n) is 4.74. The molecule has 53 heavy (non-hydrogen) atoms. The second-order valence-electron chi connectivity index (χ2n) is 10.3. The summed E-state index contributed by atoms with van der Waals surface area (Å²) < 4.78 is 73.5. The topological polar surface area (TPSA) is 244 Å². The second kappa shape index (κ2) is 16.9. The van der Waals surface area contributed by atoms with E-state index in [1.54, 1.807) is 12.1 Å². The molecule has 3 aliphatic heterocycles. The third-order valence-corrected chi connectivity index (χ3v) is 12.6. The highest BCUT2D eigenvalue weighted by Gasteiger charge is 2.53. The molecule has 0 radical (unpaired) electrons. The maximum absolute atomic E-state index is 12.5. The van der Waals surface area contributed by atoms with Gasteiger partial charge >= 0.3 is 22.3 Å². The normalized spacial score (nSPS) is 16.3. The zero-order valence-electron chi connectivity index (χ0n) is 27.7. The Balaban J connectivity index is 0.000000247. The number of carbonyl (C=O) groups excluding carboxylic acids is 7. The fraction of sp³-hybridized carbons (Fsp3) is 0.194. The first-order valence-electron chi connectivity index (χ1n) is 14.9. The van der Waals surface area contributed by atoms with Crippen LogP contribution < -0.4 is 4.72 Å². The quantitative estimate of drug-likeness (QED) is 0.291. The van der Waals surface area contributed by atoms with Crippen molar-refractivity contribution in [1.29, 1.82) is 0 Å². The Hall–Kier alpha value is -4.86. The molecule has 0 saturated heterocycles. The second-order valence-corrected chi connectivity index (χ2v) is 16.2. The number of sulfonamides is 3. The number of hydrogen-bond acceptors (Lipinski definition) is 14. The number of amides is 5. The van der Waals surface area contributed by atoms with Gasteiger partial charge in [-0.1, -0.05) is 57.2 Å². The highest BCUT2D eigenvalue weighted by molar-refractivity contribution is 7.92. The first kappa shape index (κ1) is 42.6. The number of benzene rings is 3. The number of halogens is 2. The Labute approximate surface area is 313 Å². The highest BCUT2D eigenvalue weighted by Crippen LogP contribution is 2.33. The van der Waals surface area contributed by atoms with Crippen LogP contribution in [0, 0.1) is 0 Å². The lowest BCUT2D eigenvalue weighted by molar-refractivity contribution is -0.143. The van der Waals surface area contributed by atoms with Crippen LogP contribution in [-0.4, -0.2) is 98.4 Å². The van der Waals surface area contributed by atoms with Crippen molar-refractivity contribution in [2.24, 2.45) is 0 Å². The molecule has 22 heteroatoms. The van der Waals surface area contributed by atoms with Crippen LogP contribution in [0.2, 0.25) is 0 Å². The lowest BCUT2D eigenvalue weighted by Gasteiger charge is -2.16. The molecule has 0 unspecified atom stereocenters. The van der Waals surface area contributed by atoms with Crippen molar-refractivity contribution < 1.29 is 58.8 Å². The van der Waals surface area contributed by atoms with Crippen molar-refractivity contribution >= 4 is 93.3 Å². The molecule has 282 valence electrons. The van der Waals surface area contributed by atoms with E-state index in [1.165, 1.54) is 56.0 Å². The van der Waals surface area contributed by atoms with E-state index >= 15 is 0 Å². The maximum atomic E-state index is 12.5. The molecule has 5 amide bonds. The van der Waals surface area contributed by atoms with Crippen molar-refractivity contribution in [3.05, 3.63) is 89.5 Å². The van der Waals surface area contributed by atoms with Gasteiger partial charge in [-0.2, -0.15) is 8.61 Å². The molecule has 0 saturated carbocycles. The average Bonchev–Trinajstić information content (AvgIpc) is 3.58. The summed E-state index contributed by atoms with van der Waals surface area (Å²) >= 11 is 8.98. The molecule has 3 heterocycles. The van der Waals surface area contributed by atoms with Crippen LogP contribution in [0.3, 0.4) is 0 Å². The van der Waals surface area contributed by atoms with E-state index < -0.39 is 79.9 Å². The number of imide groups is 2. The summed E-state index contributed by atoms with van der Waals surface area (Å²) in [5, 5.41) is -2.28. The molecule has 0 aliphatic carbocycles. The minimum atomic E-state index is -4.71. The minimum Gasteiger partial charge on any atom is -0.304 e. The van der Waals surface area contributed by atoms with Gasteiger partial charge in [0.15, 0.2) is 0 Å². The summed E-state index contributed by atoms with van der Waals surface area (Å²) in [5.41, 5.74) is -0.470. The predicted octanol–water partition coefficient (Wildman–Crippen LogP) is 1.71. The molecule has 0 spiro atoms. The van der Waals surface area contributed by atoms with E-state index in [0.717, 1.165) is 24.3 Å². The van der Waals surface area contributed by atoms with Crippen molar-refractivity contribution in [3.63, 3.8) is 0 Å². The minimum absolute atomic E-state index is 0.0648.